The van der Waals surface area contributed by atoms with Gasteiger partial charge in [-0.15, -0.1) is 0 Å². The summed E-state index contributed by atoms with van der Waals surface area (Å²) in [5, 5.41) is 8.77. The second kappa shape index (κ2) is 6.71. The molecule has 21 heavy (non-hydrogen) atoms. The van der Waals surface area contributed by atoms with Gasteiger partial charge < -0.3 is 9.32 Å². The van der Waals surface area contributed by atoms with Gasteiger partial charge in [0.2, 0.25) is 11.8 Å². The molecular formula is C16H17N3O2. The summed E-state index contributed by atoms with van der Waals surface area (Å²) in [5.74, 6) is 0.243. The highest BCUT2D eigenvalue weighted by Gasteiger charge is 2.15. The number of benzene rings is 1. The van der Waals surface area contributed by atoms with Gasteiger partial charge in [-0.3, -0.25) is 4.79 Å². The van der Waals surface area contributed by atoms with E-state index >= 15 is 0 Å². The Morgan fingerprint density at radius 1 is 1.43 bits per heavy atom. The van der Waals surface area contributed by atoms with Crippen molar-refractivity contribution >= 4 is 5.91 Å². The molecule has 0 bridgehead atoms. The summed E-state index contributed by atoms with van der Waals surface area (Å²) in [6, 6.07) is 11.6. The van der Waals surface area contributed by atoms with Gasteiger partial charge in [0.1, 0.15) is 6.26 Å². The maximum Gasteiger partial charge on any atom is 0.228 e. The Kier molecular flexibility index (Phi) is 4.72. The SMILES string of the molecule is C[C@H](C#N)CN(C)C(=O)Cc1coc(-c2ccccc2)n1. The van der Waals surface area contributed by atoms with Crippen molar-refractivity contribution in [1.82, 2.24) is 9.88 Å². The Morgan fingerprint density at radius 3 is 2.81 bits per heavy atom. The summed E-state index contributed by atoms with van der Waals surface area (Å²) in [7, 11) is 1.69. The molecule has 2 aromatic rings. The Morgan fingerprint density at radius 2 is 2.14 bits per heavy atom. The molecule has 1 heterocycles. The first-order chi connectivity index (χ1) is 10.1. The lowest BCUT2D eigenvalue weighted by Gasteiger charge is -2.17. The number of nitriles is 1. The zero-order valence-corrected chi connectivity index (χ0v) is 12.1. The molecule has 1 amide bonds. The van der Waals surface area contributed by atoms with E-state index in [4.69, 9.17) is 9.68 Å². The molecule has 0 spiro atoms. The number of aromatic nitrogens is 1. The molecule has 0 aliphatic carbocycles. The van der Waals surface area contributed by atoms with Crippen LogP contribution in [0.1, 0.15) is 12.6 Å². The second-order valence-electron chi connectivity index (χ2n) is 4.99. The topological polar surface area (TPSA) is 70.1 Å². The fraction of sp³-hybridized carbons (Fsp3) is 0.312. The molecular weight excluding hydrogens is 266 g/mol. The van der Waals surface area contributed by atoms with Crippen molar-refractivity contribution in [3.05, 3.63) is 42.3 Å². The van der Waals surface area contributed by atoms with E-state index in [2.05, 4.69) is 11.1 Å². The van der Waals surface area contributed by atoms with Crippen LogP contribution in [0, 0.1) is 17.2 Å². The lowest BCUT2D eigenvalue weighted by molar-refractivity contribution is -0.129. The molecule has 0 fully saturated rings. The molecule has 0 aliphatic heterocycles. The van der Waals surface area contributed by atoms with Crippen molar-refractivity contribution in [2.24, 2.45) is 5.92 Å². The van der Waals surface area contributed by atoms with Crippen molar-refractivity contribution in [3.63, 3.8) is 0 Å². The zero-order valence-electron chi connectivity index (χ0n) is 12.1. The number of hydrogen-bond acceptors (Lipinski definition) is 4. The number of hydrogen-bond donors (Lipinski definition) is 0. The minimum Gasteiger partial charge on any atom is -0.444 e. The quantitative estimate of drug-likeness (QED) is 0.845. The van der Waals surface area contributed by atoms with E-state index in [9.17, 15) is 4.79 Å². The van der Waals surface area contributed by atoms with Gasteiger partial charge in [0.25, 0.3) is 0 Å². The number of nitrogens with zero attached hydrogens (tertiary/aromatic N) is 3. The third kappa shape index (κ3) is 3.93. The number of oxazole rings is 1. The molecule has 108 valence electrons. The summed E-state index contributed by atoms with van der Waals surface area (Å²) in [6.07, 6.45) is 1.67. The number of carbonyl (C=O) groups excluding carboxylic acids is 1. The second-order valence-corrected chi connectivity index (χ2v) is 4.99. The molecule has 1 aromatic carbocycles. The molecule has 5 heteroatoms. The van der Waals surface area contributed by atoms with Gasteiger partial charge in [-0.1, -0.05) is 18.2 Å². The molecule has 0 unspecified atom stereocenters. The van der Waals surface area contributed by atoms with Crippen LogP contribution in [0.3, 0.4) is 0 Å². The minimum absolute atomic E-state index is 0.0787. The van der Waals surface area contributed by atoms with Gasteiger partial charge in [-0.2, -0.15) is 5.26 Å². The van der Waals surface area contributed by atoms with Crippen LogP contribution in [0.4, 0.5) is 0 Å². The van der Waals surface area contributed by atoms with Crippen molar-refractivity contribution in [1.29, 1.82) is 5.26 Å². The third-order valence-corrected chi connectivity index (χ3v) is 3.10. The van der Waals surface area contributed by atoms with Crippen LogP contribution < -0.4 is 0 Å². The van der Waals surface area contributed by atoms with Gasteiger partial charge >= 0.3 is 0 Å². The fourth-order valence-corrected chi connectivity index (χ4v) is 1.94. The van der Waals surface area contributed by atoms with Crippen molar-refractivity contribution in [2.75, 3.05) is 13.6 Å². The van der Waals surface area contributed by atoms with E-state index in [0.717, 1.165) is 5.56 Å². The zero-order chi connectivity index (χ0) is 15.2. The molecule has 1 atom stereocenters. The normalized spacial score (nSPS) is 11.7. The Labute approximate surface area is 123 Å². The highest BCUT2D eigenvalue weighted by Crippen LogP contribution is 2.18. The van der Waals surface area contributed by atoms with Gasteiger partial charge in [0.05, 0.1) is 24.1 Å². The molecule has 0 saturated carbocycles. The fourth-order valence-electron chi connectivity index (χ4n) is 1.94. The van der Waals surface area contributed by atoms with Crippen molar-refractivity contribution < 1.29 is 9.21 Å². The molecule has 0 aliphatic rings. The smallest absolute Gasteiger partial charge is 0.228 e. The van der Waals surface area contributed by atoms with E-state index in [1.807, 2.05) is 30.3 Å². The first-order valence-electron chi connectivity index (χ1n) is 6.73. The summed E-state index contributed by atoms with van der Waals surface area (Å²) in [6.45, 7) is 2.20. The minimum atomic E-state index is -0.184. The van der Waals surface area contributed by atoms with Gasteiger partial charge in [-0.25, -0.2) is 4.98 Å². The van der Waals surface area contributed by atoms with Crippen LogP contribution >= 0.6 is 0 Å². The number of amides is 1. The Hall–Kier alpha value is -2.61. The summed E-state index contributed by atoms with van der Waals surface area (Å²) < 4.78 is 5.40. The summed E-state index contributed by atoms with van der Waals surface area (Å²) >= 11 is 0. The van der Waals surface area contributed by atoms with E-state index in [1.54, 1.807) is 18.9 Å². The average molecular weight is 283 g/mol. The van der Waals surface area contributed by atoms with Crippen LogP contribution in [-0.4, -0.2) is 29.4 Å². The highest BCUT2D eigenvalue weighted by molar-refractivity contribution is 5.78. The van der Waals surface area contributed by atoms with Gasteiger partial charge in [-0.05, 0) is 19.1 Å². The van der Waals surface area contributed by atoms with E-state index in [-0.39, 0.29) is 18.2 Å². The molecule has 2 rings (SSSR count). The number of likely N-dealkylation sites (N-methyl/N-ethyl adjacent to an activating group) is 1. The van der Waals surface area contributed by atoms with Crippen LogP contribution in [0.25, 0.3) is 11.5 Å². The molecule has 0 saturated heterocycles. The standard InChI is InChI=1S/C16H17N3O2/c1-12(9-17)10-19(2)15(20)8-14-11-21-16(18-14)13-6-4-3-5-7-13/h3-7,11-12H,8,10H2,1-2H3/t12-/m1/s1. The lowest BCUT2D eigenvalue weighted by Crippen LogP contribution is -2.31. The van der Waals surface area contributed by atoms with Gasteiger partial charge in [0.15, 0.2) is 0 Å². The molecule has 0 N–H and O–H groups in total. The highest BCUT2D eigenvalue weighted by atomic mass is 16.3. The molecule has 0 radical (unpaired) electrons. The summed E-state index contributed by atoms with van der Waals surface area (Å²) in [4.78, 5) is 17.9. The van der Waals surface area contributed by atoms with Crippen molar-refractivity contribution in [2.45, 2.75) is 13.3 Å². The number of carbonyl (C=O) groups is 1. The molecule has 5 nitrogen and oxygen atoms in total. The van der Waals surface area contributed by atoms with E-state index in [0.29, 0.717) is 18.1 Å². The van der Waals surface area contributed by atoms with Crippen molar-refractivity contribution in [3.8, 4) is 17.5 Å². The van der Waals surface area contributed by atoms with Crippen LogP contribution in [-0.2, 0) is 11.2 Å². The van der Waals surface area contributed by atoms with Crippen LogP contribution in [0.5, 0.6) is 0 Å². The first kappa shape index (κ1) is 14.8. The largest absolute Gasteiger partial charge is 0.444 e. The van der Waals surface area contributed by atoms with Gasteiger partial charge in [0, 0.05) is 19.2 Å². The van der Waals surface area contributed by atoms with E-state index in [1.165, 1.54) is 6.26 Å². The Bertz CT molecular complexity index is 643. The predicted molar refractivity (Wildman–Crippen MR) is 78.1 cm³/mol. The lowest BCUT2D eigenvalue weighted by atomic mass is 10.2. The van der Waals surface area contributed by atoms with Crippen LogP contribution in [0.15, 0.2) is 41.0 Å². The average Bonchev–Trinajstić information content (AvgIpc) is 2.96. The predicted octanol–water partition coefficient (Wildman–Crippen LogP) is 2.50. The monoisotopic (exact) mass is 283 g/mol. The Balaban J connectivity index is 2.00. The summed E-state index contributed by atoms with van der Waals surface area (Å²) in [5.41, 5.74) is 1.47. The maximum absolute atomic E-state index is 12.0. The third-order valence-electron chi connectivity index (χ3n) is 3.10. The van der Waals surface area contributed by atoms with E-state index < -0.39 is 0 Å². The number of rotatable bonds is 5. The van der Waals surface area contributed by atoms with Crippen LogP contribution in [0.2, 0.25) is 0 Å². The maximum atomic E-state index is 12.0. The first-order valence-corrected chi connectivity index (χ1v) is 6.73. The molecule has 1 aromatic heterocycles.